The number of rotatable bonds is 12. The maximum absolute atomic E-state index is 13.5. The van der Waals surface area contributed by atoms with Crippen molar-refractivity contribution in [2.24, 2.45) is 0 Å². The number of nitrogens with zero attached hydrogens (tertiary/aromatic N) is 1. The lowest BCUT2D eigenvalue weighted by Crippen LogP contribution is -2.41. The summed E-state index contributed by atoms with van der Waals surface area (Å²) in [5.74, 6) is 0.847. The molecule has 3 aromatic rings. The number of hydrogen-bond acceptors (Lipinski definition) is 6. The Morgan fingerprint density at radius 2 is 1.72 bits per heavy atom. The van der Waals surface area contributed by atoms with Gasteiger partial charge in [-0.1, -0.05) is 29.8 Å². The largest absolute Gasteiger partial charge is 0.493 e. The first-order valence-electron chi connectivity index (χ1n) is 10.8. The summed E-state index contributed by atoms with van der Waals surface area (Å²) in [5, 5.41) is 3.43. The van der Waals surface area contributed by atoms with E-state index in [9.17, 15) is 17.6 Å². The molecule has 0 saturated heterocycles. The summed E-state index contributed by atoms with van der Waals surface area (Å²) in [7, 11) is -1.37. The number of benzene rings is 3. The molecule has 0 saturated carbocycles. The second-order valence-electron chi connectivity index (χ2n) is 7.50. The van der Waals surface area contributed by atoms with E-state index >= 15 is 0 Å². The second kappa shape index (κ2) is 12.8. The first-order valence-corrected chi connectivity index (χ1v) is 13.8. The minimum atomic E-state index is -4.20. The molecule has 0 aliphatic carbocycles. The molecule has 3 rings (SSSR count). The fourth-order valence-corrected chi connectivity index (χ4v) is 5.85. The van der Waals surface area contributed by atoms with Gasteiger partial charge in [0.1, 0.15) is 12.4 Å². The standard InChI is InChI=1S/C25H26ClFN2O5S2/c1-33-23-12-11-21(15-24(23)34-2)36(31,32)29(20-9-7-19(27)8-10-20)16-25(30)28-13-14-35-17-18-5-3-4-6-22(18)26/h3-12,15H,13-14,16-17H2,1-2H3,(H,28,30). The number of nitrogens with one attached hydrogen (secondary N) is 1. The molecule has 11 heteroatoms. The third-order valence-corrected chi connectivity index (χ3v) is 8.28. The first-order chi connectivity index (χ1) is 17.3. The van der Waals surface area contributed by atoms with Crippen LogP contribution in [0.4, 0.5) is 10.1 Å². The van der Waals surface area contributed by atoms with E-state index in [2.05, 4.69) is 5.32 Å². The lowest BCUT2D eigenvalue weighted by Gasteiger charge is -2.24. The van der Waals surface area contributed by atoms with E-state index in [-0.39, 0.29) is 16.3 Å². The van der Waals surface area contributed by atoms with Crippen LogP contribution in [0.15, 0.2) is 71.6 Å². The maximum atomic E-state index is 13.5. The van der Waals surface area contributed by atoms with Gasteiger partial charge in [-0.3, -0.25) is 9.10 Å². The van der Waals surface area contributed by atoms with Crippen LogP contribution in [0.5, 0.6) is 11.5 Å². The Morgan fingerprint density at radius 1 is 1.03 bits per heavy atom. The highest BCUT2D eigenvalue weighted by atomic mass is 35.5. The summed E-state index contributed by atoms with van der Waals surface area (Å²) >= 11 is 7.75. The number of thioether (sulfide) groups is 1. The van der Waals surface area contributed by atoms with Gasteiger partial charge in [0.05, 0.1) is 24.8 Å². The lowest BCUT2D eigenvalue weighted by atomic mass is 10.2. The van der Waals surface area contributed by atoms with E-state index < -0.39 is 28.3 Å². The van der Waals surface area contributed by atoms with Gasteiger partial charge in [0.15, 0.2) is 11.5 Å². The van der Waals surface area contributed by atoms with Crippen molar-refractivity contribution in [1.29, 1.82) is 0 Å². The van der Waals surface area contributed by atoms with Gasteiger partial charge in [-0.05, 0) is 48.0 Å². The van der Waals surface area contributed by atoms with Crippen molar-refractivity contribution in [3.05, 3.63) is 83.1 Å². The van der Waals surface area contributed by atoms with Gasteiger partial charge in [0, 0.05) is 29.1 Å². The average molecular weight is 553 g/mol. The smallest absolute Gasteiger partial charge is 0.264 e. The Labute approximate surface area is 219 Å². The minimum absolute atomic E-state index is 0.104. The number of anilines is 1. The lowest BCUT2D eigenvalue weighted by molar-refractivity contribution is -0.119. The van der Waals surface area contributed by atoms with E-state index in [0.29, 0.717) is 28.8 Å². The number of amides is 1. The summed E-state index contributed by atoms with van der Waals surface area (Å²) in [6.07, 6.45) is 0. The fraction of sp³-hybridized carbons (Fsp3) is 0.240. The van der Waals surface area contributed by atoms with Crippen molar-refractivity contribution < 1.29 is 27.1 Å². The highest BCUT2D eigenvalue weighted by molar-refractivity contribution is 7.98. The third-order valence-electron chi connectivity index (χ3n) is 5.13. The van der Waals surface area contributed by atoms with Crippen molar-refractivity contribution in [3.63, 3.8) is 0 Å². The van der Waals surface area contributed by atoms with E-state index in [1.165, 1.54) is 44.6 Å². The predicted octanol–water partition coefficient (Wildman–Crippen LogP) is 4.74. The predicted molar refractivity (Wildman–Crippen MR) is 141 cm³/mol. The van der Waals surface area contributed by atoms with Crippen molar-refractivity contribution in [2.75, 3.05) is 37.4 Å². The van der Waals surface area contributed by atoms with Gasteiger partial charge in [0.2, 0.25) is 5.91 Å². The van der Waals surface area contributed by atoms with E-state index in [4.69, 9.17) is 21.1 Å². The zero-order chi connectivity index (χ0) is 26.1. The molecule has 0 aliphatic rings. The van der Waals surface area contributed by atoms with Gasteiger partial charge >= 0.3 is 0 Å². The SMILES string of the molecule is COc1ccc(S(=O)(=O)N(CC(=O)NCCSCc2ccccc2Cl)c2ccc(F)cc2)cc1OC. The van der Waals surface area contributed by atoms with Crippen LogP contribution in [-0.4, -0.2) is 47.4 Å². The minimum Gasteiger partial charge on any atom is -0.493 e. The molecule has 1 amide bonds. The topological polar surface area (TPSA) is 84.9 Å². The van der Waals surface area contributed by atoms with Crippen LogP contribution in [0.25, 0.3) is 0 Å². The molecule has 36 heavy (non-hydrogen) atoms. The van der Waals surface area contributed by atoms with Crippen molar-refractivity contribution in [2.45, 2.75) is 10.6 Å². The number of methoxy groups -OCH3 is 2. The number of sulfonamides is 1. The molecule has 0 bridgehead atoms. The molecule has 0 unspecified atom stereocenters. The molecule has 0 atom stereocenters. The van der Waals surface area contributed by atoms with Crippen LogP contribution in [0.2, 0.25) is 5.02 Å². The molecule has 0 radical (unpaired) electrons. The highest BCUT2D eigenvalue weighted by Gasteiger charge is 2.28. The molecular formula is C25H26ClFN2O5S2. The first kappa shape index (κ1) is 27.6. The number of carbonyl (C=O) groups is 1. The molecule has 0 aromatic heterocycles. The van der Waals surface area contributed by atoms with Crippen LogP contribution < -0.4 is 19.1 Å². The number of halogens is 2. The van der Waals surface area contributed by atoms with Crippen LogP contribution in [-0.2, 0) is 20.6 Å². The van der Waals surface area contributed by atoms with Crippen molar-refractivity contribution in [1.82, 2.24) is 5.32 Å². The second-order valence-corrected chi connectivity index (χ2v) is 10.9. The molecule has 0 fully saturated rings. The van der Waals surface area contributed by atoms with Crippen LogP contribution in [0.3, 0.4) is 0 Å². The van der Waals surface area contributed by atoms with Gasteiger partial charge in [-0.15, -0.1) is 0 Å². The van der Waals surface area contributed by atoms with Crippen LogP contribution >= 0.6 is 23.4 Å². The van der Waals surface area contributed by atoms with E-state index in [1.807, 2.05) is 24.3 Å². The number of ether oxygens (including phenoxy) is 2. The Morgan fingerprint density at radius 3 is 2.39 bits per heavy atom. The summed E-state index contributed by atoms with van der Waals surface area (Å²) in [6, 6.07) is 16.5. The van der Waals surface area contributed by atoms with Crippen LogP contribution in [0.1, 0.15) is 5.56 Å². The Balaban J connectivity index is 1.71. The van der Waals surface area contributed by atoms with Gasteiger partial charge in [0.25, 0.3) is 10.0 Å². The molecule has 0 heterocycles. The summed E-state index contributed by atoms with van der Waals surface area (Å²) in [6.45, 7) is -0.154. The summed E-state index contributed by atoms with van der Waals surface area (Å²) in [5.41, 5.74) is 1.15. The number of hydrogen-bond donors (Lipinski definition) is 1. The molecule has 192 valence electrons. The summed E-state index contributed by atoms with van der Waals surface area (Å²) in [4.78, 5) is 12.6. The van der Waals surface area contributed by atoms with E-state index in [1.54, 1.807) is 11.8 Å². The molecule has 0 spiro atoms. The highest BCUT2D eigenvalue weighted by Crippen LogP contribution is 2.32. The quantitative estimate of drug-likeness (QED) is 0.327. The molecule has 0 aliphatic heterocycles. The Hall–Kier alpha value is -2.95. The number of carbonyl (C=O) groups excluding carboxylic acids is 1. The van der Waals surface area contributed by atoms with Gasteiger partial charge in [-0.2, -0.15) is 11.8 Å². The van der Waals surface area contributed by atoms with Crippen LogP contribution in [0, 0.1) is 5.82 Å². The zero-order valence-electron chi connectivity index (χ0n) is 19.7. The van der Waals surface area contributed by atoms with E-state index in [0.717, 1.165) is 22.0 Å². The molecule has 7 nitrogen and oxygen atoms in total. The Kier molecular flexibility index (Phi) is 9.86. The normalized spacial score (nSPS) is 11.1. The van der Waals surface area contributed by atoms with Gasteiger partial charge in [-0.25, -0.2) is 12.8 Å². The monoisotopic (exact) mass is 552 g/mol. The van der Waals surface area contributed by atoms with Gasteiger partial charge < -0.3 is 14.8 Å². The Bertz CT molecular complexity index is 1290. The maximum Gasteiger partial charge on any atom is 0.264 e. The molecule has 3 aromatic carbocycles. The van der Waals surface area contributed by atoms with Crippen molar-refractivity contribution in [3.8, 4) is 11.5 Å². The fourth-order valence-electron chi connectivity index (χ4n) is 3.27. The summed E-state index contributed by atoms with van der Waals surface area (Å²) < 4.78 is 51.9. The zero-order valence-corrected chi connectivity index (χ0v) is 22.1. The molecular weight excluding hydrogens is 527 g/mol. The average Bonchev–Trinajstić information content (AvgIpc) is 2.88. The third kappa shape index (κ3) is 7.05. The molecule has 1 N–H and O–H groups in total. The van der Waals surface area contributed by atoms with Crippen molar-refractivity contribution >= 4 is 45.0 Å².